The average molecular weight is 246 g/mol. The normalized spacial score (nSPS) is 12.4. The fourth-order valence-electron chi connectivity index (χ4n) is 1.57. The standard InChI is InChI=1S/C16H22O2/c1-5-13(6-2)17-15-10-9-11-16(12-15)18-14(7-3)8-4/h5,7,9-12H,6,8H2,1-4H3. The second-order valence-electron chi connectivity index (χ2n) is 3.90. The predicted octanol–water partition coefficient (Wildman–Crippen LogP) is 5.07. The molecule has 0 fully saturated rings. The summed E-state index contributed by atoms with van der Waals surface area (Å²) in [7, 11) is 0. The van der Waals surface area contributed by atoms with Crippen molar-refractivity contribution in [2.45, 2.75) is 40.5 Å². The molecule has 1 aromatic carbocycles. The van der Waals surface area contributed by atoms with Gasteiger partial charge in [-0.2, -0.15) is 0 Å². The number of allylic oxidation sites excluding steroid dienone is 4. The zero-order valence-corrected chi connectivity index (χ0v) is 11.7. The maximum atomic E-state index is 5.76. The first-order valence-corrected chi connectivity index (χ1v) is 6.49. The van der Waals surface area contributed by atoms with Crippen LogP contribution in [0, 0.1) is 0 Å². The Kier molecular flexibility index (Phi) is 6.06. The summed E-state index contributed by atoms with van der Waals surface area (Å²) in [5.41, 5.74) is 0. The van der Waals surface area contributed by atoms with Crippen LogP contribution in [-0.4, -0.2) is 0 Å². The summed E-state index contributed by atoms with van der Waals surface area (Å²) >= 11 is 0. The zero-order chi connectivity index (χ0) is 13.4. The number of benzene rings is 1. The van der Waals surface area contributed by atoms with E-state index >= 15 is 0 Å². The fourth-order valence-corrected chi connectivity index (χ4v) is 1.57. The molecule has 0 atom stereocenters. The van der Waals surface area contributed by atoms with Gasteiger partial charge in [0, 0.05) is 18.9 Å². The van der Waals surface area contributed by atoms with Gasteiger partial charge >= 0.3 is 0 Å². The fraction of sp³-hybridized carbons (Fsp3) is 0.375. The van der Waals surface area contributed by atoms with E-state index < -0.39 is 0 Å². The van der Waals surface area contributed by atoms with Crippen LogP contribution in [0.15, 0.2) is 47.9 Å². The Balaban J connectivity index is 2.79. The molecule has 0 radical (unpaired) electrons. The molecule has 0 amide bonds. The molecule has 0 aromatic heterocycles. The Labute approximate surface area is 110 Å². The first kappa shape index (κ1) is 14.4. The van der Waals surface area contributed by atoms with Crippen molar-refractivity contribution in [3.05, 3.63) is 47.9 Å². The highest BCUT2D eigenvalue weighted by atomic mass is 16.5. The Morgan fingerprint density at radius 2 is 1.39 bits per heavy atom. The molecular weight excluding hydrogens is 224 g/mol. The third-order valence-electron chi connectivity index (χ3n) is 2.64. The van der Waals surface area contributed by atoms with E-state index in [2.05, 4.69) is 13.8 Å². The van der Waals surface area contributed by atoms with Gasteiger partial charge in [-0.1, -0.05) is 19.9 Å². The van der Waals surface area contributed by atoms with E-state index in [-0.39, 0.29) is 0 Å². The second-order valence-corrected chi connectivity index (χ2v) is 3.90. The van der Waals surface area contributed by atoms with E-state index in [1.165, 1.54) is 0 Å². The van der Waals surface area contributed by atoms with Gasteiger partial charge in [0.1, 0.15) is 11.5 Å². The summed E-state index contributed by atoms with van der Waals surface area (Å²) in [6.07, 6.45) is 5.74. The van der Waals surface area contributed by atoms with Gasteiger partial charge in [0.05, 0.1) is 11.5 Å². The predicted molar refractivity (Wildman–Crippen MR) is 75.8 cm³/mol. The van der Waals surface area contributed by atoms with Gasteiger partial charge in [0.15, 0.2) is 0 Å². The lowest BCUT2D eigenvalue weighted by atomic mass is 10.3. The van der Waals surface area contributed by atoms with E-state index in [1.807, 2.05) is 50.3 Å². The molecule has 0 aliphatic rings. The number of ether oxygens (including phenoxy) is 2. The number of rotatable bonds is 6. The monoisotopic (exact) mass is 246 g/mol. The van der Waals surface area contributed by atoms with E-state index in [0.717, 1.165) is 35.9 Å². The van der Waals surface area contributed by atoms with Crippen LogP contribution < -0.4 is 9.47 Å². The molecule has 1 rings (SSSR count). The molecular formula is C16H22O2. The van der Waals surface area contributed by atoms with Crippen LogP contribution in [0.4, 0.5) is 0 Å². The molecule has 1 aromatic rings. The Hall–Kier alpha value is -1.70. The lowest BCUT2D eigenvalue weighted by molar-refractivity contribution is 0.389. The molecule has 98 valence electrons. The van der Waals surface area contributed by atoms with Crippen LogP contribution in [0.5, 0.6) is 11.5 Å². The van der Waals surface area contributed by atoms with Crippen molar-refractivity contribution in [2.75, 3.05) is 0 Å². The molecule has 0 spiro atoms. The van der Waals surface area contributed by atoms with E-state index in [4.69, 9.17) is 9.47 Å². The lowest BCUT2D eigenvalue weighted by Crippen LogP contribution is -1.96. The number of hydrogen-bond acceptors (Lipinski definition) is 2. The first-order chi connectivity index (χ1) is 8.73. The summed E-state index contributed by atoms with van der Waals surface area (Å²) in [6, 6.07) is 7.73. The minimum Gasteiger partial charge on any atom is -0.462 e. The van der Waals surface area contributed by atoms with Gasteiger partial charge in [0.2, 0.25) is 0 Å². The van der Waals surface area contributed by atoms with Crippen LogP contribution in [0.25, 0.3) is 0 Å². The highest BCUT2D eigenvalue weighted by Gasteiger charge is 2.02. The van der Waals surface area contributed by atoms with Gasteiger partial charge < -0.3 is 9.47 Å². The molecule has 18 heavy (non-hydrogen) atoms. The molecule has 0 heterocycles. The van der Waals surface area contributed by atoms with Crippen molar-refractivity contribution < 1.29 is 9.47 Å². The summed E-state index contributed by atoms with van der Waals surface area (Å²) in [6.45, 7) is 8.11. The molecule has 0 N–H and O–H groups in total. The van der Waals surface area contributed by atoms with Gasteiger partial charge in [-0.25, -0.2) is 0 Å². The average Bonchev–Trinajstić information content (AvgIpc) is 2.42. The second kappa shape index (κ2) is 7.59. The Bertz CT molecular complexity index is 393. The molecule has 0 saturated carbocycles. The van der Waals surface area contributed by atoms with E-state index in [1.54, 1.807) is 0 Å². The van der Waals surface area contributed by atoms with Crippen LogP contribution in [0.3, 0.4) is 0 Å². The van der Waals surface area contributed by atoms with E-state index in [0.29, 0.717) is 0 Å². The van der Waals surface area contributed by atoms with Crippen molar-refractivity contribution in [2.24, 2.45) is 0 Å². The molecule has 0 unspecified atom stereocenters. The molecule has 0 aliphatic carbocycles. The molecule has 0 aliphatic heterocycles. The maximum absolute atomic E-state index is 5.76. The quantitative estimate of drug-likeness (QED) is 0.652. The van der Waals surface area contributed by atoms with Gasteiger partial charge in [-0.3, -0.25) is 0 Å². The van der Waals surface area contributed by atoms with Gasteiger partial charge in [-0.15, -0.1) is 0 Å². The van der Waals surface area contributed by atoms with Crippen molar-refractivity contribution in [3.63, 3.8) is 0 Å². The van der Waals surface area contributed by atoms with Crippen molar-refractivity contribution in [1.29, 1.82) is 0 Å². The zero-order valence-electron chi connectivity index (χ0n) is 11.7. The van der Waals surface area contributed by atoms with Crippen LogP contribution in [0.2, 0.25) is 0 Å². The minimum absolute atomic E-state index is 0.814. The maximum Gasteiger partial charge on any atom is 0.130 e. The van der Waals surface area contributed by atoms with Crippen molar-refractivity contribution >= 4 is 0 Å². The summed E-state index contributed by atoms with van der Waals surface area (Å²) in [5.74, 6) is 3.56. The first-order valence-electron chi connectivity index (χ1n) is 6.49. The van der Waals surface area contributed by atoms with Crippen LogP contribution in [-0.2, 0) is 0 Å². The molecule has 0 bridgehead atoms. The van der Waals surface area contributed by atoms with E-state index in [9.17, 15) is 0 Å². The largest absolute Gasteiger partial charge is 0.462 e. The van der Waals surface area contributed by atoms with Gasteiger partial charge in [-0.05, 0) is 38.1 Å². The van der Waals surface area contributed by atoms with Crippen molar-refractivity contribution in [3.8, 4) is 11.5 Å². The third-order valence-corrected chi connectivity index (χ3v) is 2.64. The number of hydrogen-bond donors (Lipinski definition) is 0. The topological polar surface area (TPSA) is 18.5 Å². The Morgan fingerprint density at radius 3 is 1.72 bits per heavy atom. The molecule has 0 saturated heterocycles. The summed E-state index contributed by atoms with van der Waals surface area (Å²) < 4.78 is 11.5. The third kappa shape index (κ3) is 4.28. The minimum atomic E-state index is 0.814. The van der Waals surface area contributed by atoms with Crippen LogP contribution in [0.1, 0.15) is 40.5 Å². The lowest BCUT2D eigenvalue weighted by Gasteiger charge is -2.11. The molecule has 2 nitrogen and oxygen atoms in total. The summed E-state index contributed by atoms with van der Waals surface area (Å²) in [5, 5.41) is 0. The van der Waals surface area contributed by atoms with Crippen molar-refractivity contribution in [1.82, 2.24) is 0 Å². The van der Waals surface area contributed by atoms with Gasteiger partial charge in [0.25, 0.3) is 0 Å². The highest BCUT2D eigenvalue weighted by Crippen LogP contribution is 2.24. The highest BCUT2D eigenvalue weighted by molar-refractivity contribution is 5.35. The SMILES string of the molecule is CC=C(CC)Oc1cccc(OC(=CC)CC)c1. The Morgan fingerprint density at radius 1 is 0.944 bits per heavy atom. The van der Waals surface area contributed by atoms with Crippen LogP contribution >= 0.6 is 0 Å². The molecule has 2 heteroatoms. The summed E-state index contributed by atoms with van der Waals surface area (Å²) in [4.78, 5) is 0. The smallest absolute Gasteiger partial charge is 0.130 e.